The number of piperidine rings is 1. The fraction of sp³-hybridized carbons (Fsp3) is 0.542. The van der Waals surface area contributed by atoms with E-state index in [0.29, 0.717) is 43.3 Å². The number of thioether (sulfide) groups is 1. The fourth-order valence-corrected chi connectivity index (χ4v) is 5.93. The molecule has 1 aromatic heterocycles. The number of amides is 1. The van der Waals surface area contributed by atoms with Crippen molar-refractivity contribution < 1.29 is 27.1 Å². The van der Waals surface area contributed by atoms with Gasteiger partial charge in [0.2, 0.25) is 5.88 Å². The Morgan fingerprint density at radius 2 is 1.89 bits per heavy atom. The second-order valence-electron chi connectivity index (χ2n) is 10.1. The highest BCUT2D eigenvalue weighted by Crippen LogP contribution is 2.36. The van der Waals surface area contributed by atoms with E-state index >= 15 is 0 Å². The molecule has 2 atom stereocenters. The number of morpholine rings is 1. The molecular weight excluding hydrogens is 507 g/mol. The summed E-state index contributed by atoms with van der Waals surface area (Å²) in [5.74, 6) is 0.00798. The molecule has 2 bridgehead atoms. The van der Waals surface area contributed by atoms with Crippen molar-refractivity contribution in [3.63, 3.8) is 0 Å². The first-order valence-corrected chi connectivity index (χ1v) is 14.4. The Labute approximate surface area is 215 Å². The van der Waals surface area contributed by atoms with Crippen LogP contribution in [0.3, 0.4) is 0 Å². The van der Waals surface area contributed by atoms with Gasteiger partial charge in [-0.3, -0.25) is 4.79 Å². The Bertz CT molecular complexity index is 1240. The van der Waals surface area contributed by atoms with Gasteiger partial charge in [0, 0.05) is 23.8 Å². The van der Waals surface area contributed by atoms with Crippen molar-refractivity contribution in [2.45, 2.75) is 68.4 Å². The summed E-state index contributed by atoms with van der Waals surface area (Å²) in [4.78, 5) is 23.3. The van der Waals surface area contributed by atoms with Gasteiger partial charge >= 0.3 is 0 Å². The SMILES string of the molecule is Cc1c(Nc2ccc(S(C)(=O)=O)cc2F)ncnc1OC1CC2COCC(C1)N2C(=O)SC(C)(C)C. The van der Waals surface area contributed by atoms with Crippen LogP contribution in [0.4, 0.5) is 20.7 Å². The van der Waals surface area contributed by atoms with Crippen molar-refractivity contribution in [2.75, 3.05) is 24.8 Å². The van der Waals surface area contributed by atoms with Gasteiger partial charge in [-0.15, -0.1) is 0 Å². The third kappa shape index (κ3) is 6.09. The number of aromatic nitrogens is 2. The molecule has 0 aliphatic carbocycles. The highest BCUT2D eigenvalue weighted by molar-refractivity contribution is 8.14. The first kappa shape index (κ1) is 26.6. The summed E-state index contributed by atoms with van der Waals surface area (Å²) in [6.07, 6.45) is 3.41. The second-order valence-corrected chi connectivity index (χ2v) is 13.9. The molecule has 12 heteroatoms. The molecule has 9 nitrogen and oxygen atoms in total. The standard InChI is InChI=1S/C24H31FN4O5S2/c1-14-21(28-20-7-6-18(10-19(20)25)36(5,31)32)26-13-27-22(14)34-17-8-15-11-33-12-16(9-17)29(15)23(30)35-24(2,3)4/h6-7,10,13,15-17H,8-9,11-12H2,1-5H3,(H,26,27,28). The number of hydrogen-bond acceptors (Lipinski definition) is 9. The lowest BCUT2D eigenvalue weighted by molar-refractivity contribution is -0.0738. The summed E-state index contributed by atoms with van der Waals surface area (Å²) in [6, 6.07) is 3.51. The van der Waals surface area contributed by atoms with Gasteiger partial charge in [-0.25, -0.2) is 22.8 Å². The van der Waals surface area contributed by atoms with Crippen molar-refractivity contribution in [1.29, 1.82) is 0 Å². The fourth-order valence-electron chi connectivity index (χ4n) is 4.37. The normalized spacial score (nSPS) is 22.3. The minimum atomic E-state index is -3.52. The average molecular weight is 539 g/mol. The smallest absolute Gasteiger partial charge is 0.282 e. The molecule has 2 saturated heterocycles. The molecule has 36 heavy (non-hydrogen) atoms. The maximum atomic E-state index is 14.6. The number of nitrogens with one attached hydrogen (secondary N) is 1. The molecule has 2 fully saturated rings. The van der Waals surface area contributed by atoms with Gasteiger partial charge in [-0.2, -0.15) is 0 Å². The van der Waals surface area contributed by atoms with E-state index < -0.39 is 15.7 Å². The van der Waals surface area contributed by atoms with E-state index in [0.717, 1.165) is 12.3 Å². The van der Waals surface area contributed by atoms with Gasteiger partial charge in [-0.05, 0) is 25.1 Å². The van der Waals surface area contributed by atoms with Crippen LogP contribution in [0.2, 0.25) is 0 Å². The van der Waals surface area contributed by atoms with Crippen LogP contribution in [0.15, 0.2) is 29.4 Å². The monoisotopic (exact) mass is 538 g/mol. The second kappa shape index (κ2) is 10.1. The van der Waals surface area contributed by atoms with Crippen molar-refractivity contribution in [3.8, 4) is 5.88 Å². The van der Waals surface area contributed by atoms with Gasteiger partial charge < -0.3 is 19.7 Å². The van der Waals surface area contributed by atoms with Crippen LogP contribution < -0.4 is 10.1 Å². The minimum absolute atomic E-state index is 0.0628. The Morgan fingerprint density at radius 3 is 2.47 bits per heavy atom. The zero-order valence-corrected chi connectivity index (χ0v) is 22.6. The molecule has 4 rings (SSSR count). The molecule has 1 aromatic carbocycles. The van der Waals surface area contributed by atoms with Crippen molar-refractivity contribution >= 4 is 38.3 Å². The number of halogens is 1. The Morgan fingerprint density at radius 1 is 1.22 bits per heavy atom. The number of benzene rings is 1. The summed E-state index contributed by atoms with van der Waals surface area (Å²) in [7, 11) is -3.52. The van der Waals surface area contributed by atoms with Crippen LogP contribution in [0.1, 0.15) is 39.2 Å². The van der Waals surface area contributed by atoms with Crippen molar-refractivity contribution in [3.05, 3.63) is 35.9 Å². The summed E-state index contributed by atoms with van der Waals surface area (Å²) < 4.78 is 49.7. The van der Waals surface area contributed by atoms with Crippen molar-refractivity contribution in [1.82, 2.24) is 14.9 Å². The number of anilines is 2. The van der Waals surface area contributed by atoms with Gasteiger partial charge in [-0.1, -0.05) is 32.5 Å². The Kier molecular flexibility index (Phi) is 7.50. The maximum Gasteiger partial charge on any atom is 0.282 e. The van der Waals surface area contributed by atoms with Crippen LogP contribution >= 0.6 is 11.8 Å². The largest absolute Gasteiger partial charge is 0.474 e. The molecule has 3 heterocycles. The third-order valence-corrected chi connectivity index (χ3v) is 8.13. The van der Waals surface area contributed by atoms with Crippen molar-refractivity contribution in [2.24, 2.45) is 0 Å². The molecule has 2 unspecified atom stereocenters. The van der Waals surface area contributed by atoms with E-state index in [1.54, 1.807) is 6.92 Å². The third-order valence-electron chi connectivity index (χ3n) is 6.02. The quantitative estimate of drug-likeness (QED) is 0.594. The average Bonchev–Trinajstić information content (AvgIpc) is 2.75. The summed E-state index contributed by atoms with van der Waals surface area (Å²) in [6.45, 7) is 8.76. The first-order valence-electron chi connectivity index (χ1n) is 11.7. The van der Waals surface area contributed by atoms with Gasteiger partial charge in [0.15, 0.2) is 9.84 Å². The van der Waals surface area contributed by atoms with Crippen LogP contribution in [0.5, 0.6) is 5.88 Å². The van der Waals surface area contributed by atoms with Gasteiger partial charge in [0.05, 0.1) is 41.4 Å². The molecule has 2 aromatic rings. The summed E-state index contributed by atoms with van der Waals surface area (Å²) in [5.41, 5.74) is 0.678. The number of carbonyl (C=O) groups is 1. The molecule has 196 valence electrons. The zero-order chi connectivity index (χ0) is 26.3. The number of sulfone groups is 1. The first-order chi connectivity index (χ1) is 16.8. The number of nitrogens with zero attached hydrogens (tertiary/aromatic N) is 3. The van der Waals surface area contributed by atoms with E-state index in [2.05, 4.69) is 15.3 Å². The van der Waals surface area contributed by atoms with E-state index in [1.165, 1.54) is 30.2 Å². The van der Waals surface area contributed by atoms with Gasteiger partial charge in [0.25, 0.3) is 5.24 Å². The van der Waals surface area contributed by atoms with Gasteiger partial charge in [0.1, 0.15) is 24.1 Å². The Hall–Kier alpha value is -2.44. The highest BCUT2D eigenvalue weighted by atomic mass is 32.2. The zero-order valence-electron chi connectivity index (χ0n) is 20.9. The number of carbonyl (C=O) groups excluding carboxylic acids is 1. The highest BCUT2D eigenvalue weighted by Gasteiger charge is 2.43. The molecule has 0 saturated carbocycles. The molecule has 1 amide bonds. The predicted octanol–water partition coefficient (Wildman–Crippen LogP) is 4.33. The van der Waals surface area contributed by atoms with Crippen LogP contribution in [-0.4, -0.2) is 70.9 Å². The lowest BCUT2D eigenvalue weighted by Gasteiger charge is -2.48. The van der Waals surface area contributed by atoms with E-state index in [1.807, 2.05) is 25.7 Å². The van der Waals surface area contributed by atoms with Crippen LogP contribution in [-0.2, 0) is 14.6 Å². The lowest BCUT2D eigenvalue weighted by Crippen LogP contribution is -2.60. The van der Waals surface area contributed by atoms with Crippen LogP contribution in [0, 0.1) is 12.7 Å². The van der Waals surface area contributed by atoms with E-state index in [4.69, 9.17) is 9.47 Å². The summed E-state index contributed by atoms with van der Waals surface area (Å²) in [5, 5.41) is 2.97. The van der Waals surface area contributed by atoms with E-state index in [-0.39, 0.29) is 38.8 Å². The molecular formula is C24H31FN4O5S2. The molecule has 2 aliphatic rings. The maximum absolute atomic E-state index is 14.6. The molecule has 2 aliphatic heterocycles. The Balaban J connectivity index is 1.48. The molecule has 1 N–H and O–H groups in total. The number of ether oxygens (including phenoxy) is 2. The lowest BCUT2D eigenvalue weighted by atomic mass is 9.92. The van der Waals surface area contributed by atoms with E-state index in [9.17, 15) is 17.6 Å². The number of fused-ring (bicyclic) bond motifs is 2. The molecule has 0 spiro atoms. The number of hydrogen-bond donors (Lipinski definition) is 1. The predicted molar refractivity (Wildman–Crippen MR) is 136 cm³/mol. The molecule has 0 radical (unpaired) electrons. The number of rotatable bonds is 5. The minimum Gasteiger partial charge on any atom is -0.474 e. The van der Waals surface area contributed by atoms with Crippen LogP contribution in [0.25, 0.3) is 0 Å². The topological polar surface area (TPSA) is 111 Å². The summed E-state index contributed by atoms with van der Waals surface area (Å²) >= 11 is 1.33.